The minimum atomic E-state index is -1.23. The van der Waals surface area contributed by atoms with Crippen LogP contribution in [0.1, 0.15) is 20.8 Å². The van der Waals surface area contributed by atoms with Gasteiger partial charge in [0.05, 0.1) is 6.61 Å². The molecule has 0 aromatic rings. The molecule has 108 valence electrons. The SMILES string of the molecule is CC(=O)OC1OC[C@@H](O)[C@H](OC(C)=O)[C@H]1OC(C)=O. The zero-order chi connectivity index (χ0) is 14.6. The predicted molar refractivity (Wildman–Crippen MR) is 58.6 cm³/mol. The Morgan fingerprint density at radius 2 is 1.42 bits per heavy atom. The van der Waals surface area contributed by atoms with Crippen LogP contribution in [0.2, 0.25) is 0 Å². The van der Waals surface area contributed by atoms with Gasteiger partial charge in [0.2, 0.25) is 12.4 Å². The molecule has 1 aliphatic heterocycles. The van der Waals surface area contributed by atoms with Gasteiger partial charge in [0, 0.05) is 20.8 Å². The molecule has 0 saturated carbocycles. The van der Waals surface area contributed by atoms with Crippen LogP contribution in [-0.2, 0) is 33.3 Å². The Hall–Kier alpha value is -1.67. The number of ether oxygens (including phenoxy) is 4. The van der Waals surface area contributed by atoms with Gasteiger partial charge in [-0.15, -0.1) is 0 Å². The molecule has 8 nitrogen and oxygen atoms in total. The second-order valence-corrected chi connectivity index (χ2v) is 4.03. The molecule has 0 radical (unpaired) electrons. The van der Waals surface area contributed by atoms with Crippen molar-refractivity contribution in [2.75, 3.05) is 6.61 Å². The monoisotopic (exact) mass is 276 g/mol. The van der Waals surface area contributed by atoms with Crippen LogP contribution >= 0.6 is 0 Å². The summed E-state index contributed by atoms with van der Waals surface area (Å²) in [5, 5.41) is 9.72. The van der Waals surface area contributed by atoms with Gasteiger partial charge < -0.3 is 24.1 Å². The fourth-order valence-corrected chi connectivity index (χ4v) is 1.67. The van der Waals surface area contributed by atoms with E-state index >= 15 is 0 Å². The number of hydrogen-bond donors (Lipinski definition) is 1. The quantitative estimate of drug-likeness (QED) is 0.523. The molecular formula is C11H16O8. The van der Waals surface area contributed by atoms with E-state index in [4.69, 9.17) is 18.9 Å². The average Bonchev–Trinajstić information content (AvgIpc) is 2.25. The van der Waals surface area contributed by atoms with Gasteiger partial charge in [-0.1, -0.05) is 0 Å². The summed E-state index contributed by atoms with van der Waals surface area (Å²) in [6, 6.07) is 0. The van der Waals surface area contributed by atoms with E-state index in [1.807, 2.05) is 0 Å². The Balaban J connectivity index is 2.89. The van der Waals surface area contributed by atoms with E-state index in [0.29, 0.717) is 0 Å². The van der Waals surface area contributed by atoms with Gasteiger partial charge in [-0.05, 0) is 0 Å². The molecule has 0 spiro atoms. The molecule has 1 N–H and O–H groups in total. The molecule has 0 aliphatic carbocycles. The fraction of sp³-hybridized carbons (Fsp3) is 0.727. The van der Waals surface area contributed by atoms with Crippen molar-refractivity contribution in [2.24, 2.45) is 0 Å². The molecule has 1 heterocycles. The highest BCUT2D eigenvalue weighted by atomic mass is 16.7. The second-order valence-electron chi connectivity index (χ2n) is 4.03. The Bertz CT molecular complexity index is 366. The van der Waals surface area contributed by atoms with Crippen LogP contribution in [0, 0.1) is 0 Å². The molecule has 1 rings (SSSR count). The van der Waals surface area contributed by atoms with E-state index < -0.39 is 42.5 Å². The number of esters is 3. The molecule has 8 heteroatoms. The fourth-order valence-electron chi connectivity index (χ4n) is 1.67. The first-order chi connectivity index (χ1) is 8.81. The summed E-state index contributed by atoms with van der Waals surface area (Å²) in [5.74, 6) is -2.00. The normalized spacial score (nSPS) is 30.3. The zero-order valence-electron chi connectivity index (χ0n) is 10.8. The minimum absolute atomic E-state index is 0.215. The summed E-state index contributed by atoms with van der Waals surface area (Å²) in [6.07, 6.45) is -4.78. The molecule has 1 aliphatic rings. The van der Waals surface area contributed by atoms with E-state index in [1.165, 1.54) is 0 Å². The van der Waals surface area contributed by atoms with Crippen LogP contribution in [0.4, 0.5) is 0 Å². The lowest BCUT2D eigenvalue weighted by Crippen LogP contribution is -2.57. The lowest BCUT2D eigenvalue weighted by molar-refractivity contribution is -0.271. The molecule has 0 aromatic carbocycles. The molecular weight excluding hydrogens is 260 g/mol. The molecule has 1 fully saturated rings. The van der Waals surface area contributed by atoms with Crippen molar-refractivity contribution in [3.8, 4) is 0 Å². The molecule has 0 bridgehead atoms. The van der Waals surface area contributed by atoms with E-state index in [9.17, 15) is 19.5 Å². The molecule has 1 saturated heterocycles. The second kappa shape index (κ2) is 6.48. The Kier molecular flexibility index (Phi) is 5.25. The van der Waals surface area contributed by atoms with E-state index in [0.717, 1.165) is 20.8 Å². The molecule has 4 atom stereocenters. The smallest absolute Gasteiger partial charge is 0.305 e. The van der Waals surface area contributed by atoms with E-state index in [1.54, 1.807) is 0 Å². The molecule has 1 unspecified atom stereocenters. The Labute approximate surface area is 109 Å². The molecule has 0 aromatic heterocycles. The Morgan fingerprint density at radius 3 is 1.89 bits per heavy atom. The highest BCUT2D eigenvalue weighted by Crippen LogP contribution is 2.23. The van der Waals surface area contributed by atoms with Crippen LogP contribution in [0.5, 0.6) is 0 Å². The Morgan fingerprint density at radius 1 is 0.947 bits per heavy atom. The highest BCUT2D eigenvalue weighted by Gasteiger charge is 2.46. The van der Waals surface area contributed by atoms with Crippen molar-refractivity contribution in [1.29, 1.82) is 0 Å². The van der Waals surface area contributed by atoms with Crippen molar-refractivity contribution in [3.63, 3.8) is 0 Å². The summed E-state index contributed by atoms with van der Waals surface area (Å²) in [7, 11) is 0. The third-order valence-corrected chi connectivity index (χ3v) is 2.29. The summed E-state index contributed by atoms with van der Waals surface area (Å²) >= 11 is 0. The number of rotatable bonds is 3. The maximum atomic E-state index is 11.0. The largest absolute Gasteiger partial charge is 0.455 e. The van der Waals surface area contributed by atoms with Gasteiger partial charge in [0.1, 0.15) is 6.10 Å². The van der Waals surface area contributed by atoms with Gasteiger partial charge in [-0.25, -0.2) is 0 Å². The van der Waals surface area contributed by atoms with Crippen molar-refractivity contribution in [3.05, 3.63) is 0 Å². The lowest BCUT2D eigenvalue weighted by Gasteiger charge is -2.38. The first kappa shape index (κ1) is 15.4. The summed E-state index contributed by atoms with van der Waals surface area (Å²) < 4.78 is 19.7. The summed E-state index contributed by atoms with van der Waals surface area (Å²) in [5.41, 5.74) is 0. The van der Waals surface area contributed by atoms with Crippen LogP contribution in [0.15, 0.2) is 0 Å². The van der Waals surface area contributed by atoms with Gasteiger partial charge >= 0.3 is 17.9 Å². The van der Waals surface area contributed by atoms with Crippen molar-refractivity contribution < 1.29 is 38.4 Å². The molecule has 19 heavy (non-hydrogen) atoms. The van der Waals surface area contributed by atoms with Crippen LogP contribution in [0.25, 0.3) is 0 Å². The third kappa shape index (κ3) is 4.49. The summed E-state index contributed by atoms with van der Waals surface area (Å²) in [6.45, 7) is 3.22. The first-order valence-corrected chi connectivity index (χ1v) is 5.62. The number of aliphatic hydroxyl groups excluding tert-OH is 1. The highest BCUT2D eigenvalue weighted by molar-refractivity contribution is 5.68. The van der Waals surface area contributed by atoms with Crippen LogP contribution < -0.4 is 0 Å². The minimum Gasteiger partial charge on any atom is -0.455 e. The van der Waals surface area contributed by atoms with Gasteiger partial charge in [-0.2, -0.15) is 0 Å². The standard InChI is InChI=1S/C11H16O8/c1-5(12)17-9-8(15)4-16-11(19-7(3)14)10(9)18-6(2)13/h8-11,15H,4H2,1-3H3/t8-,9+,10-,11?/m1/s1. The van der Waals surface area contributed by atoms with Crippen LogP contribution in [0.3, 0.4) is 0 Å². The zero-order valence-corrected chi connectivity index (χ0v) is 10.8. The number of carbonyl (C=O) groups excluding carboxylic acids is 3. The average molecular weight is 276 g/mol. The molecule has 0 amide bonds. The van der Waals surface area contributed by atoms with Gasteiger partial charge in [0.25, 0.3) is 0 Å². The van der Waals surface area contributed by atoms with Gasteiger partial charge in [-0.3, -0.25) is 14.4 Å². The van der Waals surface area contributed by atoms with Gasteiger partial charge in [0.15, 0.2) is 6.10 Å². The topological polar surface area (TPSA) is 108 Å². The van der Waals surface area contributed by atoms with Crippen LogP contribution in [-0.4, -0.2) is 54.2 Å². The number of carbonyl (C=O) groups is 3. The van der Waals surface area contributed by atoms with Crippen molar-refractivity contribution >= 4 is 17.9 Å². The number of aliphatic hydroxyl groups is 1. The van der Waals surface area contributed by atoms with Crippen molar-refractivity contribution in [2.45, 2.75) is 45.4 Å². The van der Waals surface area contributed by atoms with E-state index in [2.05, 4.69) is 0 Å². The third-order valence-electron chi connectivity index (χ3n) is 2.29. The van der Waals surface area contributed by atoms with Crippen molar-refractivity contribution in [1.82, 2.24) is 0 Å². The maximum absolute atomic E-state index is 11.0. The predicted octanol–water partition coefficient (Wildman–Crippen LogP) is -0.870. The first-order valence-electron chi connectivity index (χ1n) is 5.62. The maximum Gasteiger partial charge on any atom is 0.305 e. The number of hydrogen-bond acceptors (Lipinski definition) is 8. The summed E-state index contributed by atoms with van der Waals surface area (Å²) in [4.78, 5) is 33.0. The lowest BCUT2D eigenvalue weighted by atomic mass is 10.0. The van der Waals surface area contributed by atoms with E-state index in [-0.39, 0.29) is 6.61 Å².